The number of ether oxygens (including phenoxy) is 6. The summed E-state index contributed by atoms with van der Waals surface area (Å²) in [5.74, 6) is 0.566. The van der Waals surface area contributed by atoms with Gasteiger partial charge in [0, 0.05) is 54.7 Å². The number of fused-ring (bicyclic) bond motifs is 5. The lowest BCUT2D eigenvalue weighted by atomic mass is 9.82. The van der Waals surface area contributed by atoms with Crippen LogP contribution >= 0.6 is 0 Å². The van der Waals surface area contributed by atoms with E-state index in [1.165, 1.54) is 27.8 Å². The number of carbonyl (C=O) groups excluding carboxylic acids is 3. The summed E-state index contributed by atoms with van der Waals surface area (Å²) >= 11 is 0. The lowest BCUT2D eigenvalue weighted by Crippen LogP contribution is -2.60. The van der Waals surface area contributed by atoms with Gasteiger partial charge in [-0.15, -0.1) is 0 Å². The minimum absolute atomic E-state index is 0.0196. The Hall–Kier alpha value is -6.19. The van der Waals surface area contributed by atoms with Crippen molar-refractivity contribution in [3.05, 3.63) is 131 Å². The van der Waals surface area contributed by atoms with Gasteiger partial charge in [0.25, 0.3) is 0 Å². The van der Waals surface area contributed by atoms with Crippen molar-refractivity contribution >= 4 is 17.7 Å². The Balaban J connectivity index is 0.665. The van der Waals surface area contributed by atoms with Crippen LogP contribution in [0.1, 0.15) is 105 Å². The first kappa shape index (κ1) is 52.7. The number of rotatable bonds is 25. The van der Waals surface area contributed by atoms with Gasteiger partial charge in [-0.25, -0.2) is 4.98 Å². The molecule has 392 valence electrons. The van der Waals surface area contributed by atoms with E-state index in [-0.39, 0.29) is 42.1 Å². The van der Waals surface area contributed by atoms with Crippen LogP contribution in [0.3, 0.4) is 0 Å². The lowest BCUT2D eigenvalue weighted by molar-refractivity contribution is -0.146. The molecule has 1 fully saturated rings. The smallest absolute Gasteiger partial charge is 0.246 e. The maximum atomic E-state index is 14.9. The minimum atomic E-state index is -0.718. The zero-order chi connectivity index (χ0) is 51.1. The van der Waals surface area contributed by atoms with Gasteiger partial charge in [0.2, 0.25) is 23.6 Å². The van der Waals surface area contributed by atoms with Crippen LogP contribution in [0.15, 0.2) is 97.5 Å². The summed E-state index contributed by atoms with van der Waals surface area (Å²) in [6.07, 6.45) is 15.3. The number of aryl methyl sites for hydroxylation is 1. The van der Waals surface area contributed by atoms with Gasteiger partial charge in [0.1, 0.15) is 31.0 Å². The SMILES string of the molecule is CC[C@@H](C)C(=O)N[C@H](C(=O)N1Cc2cc(OCCOCCOCCOCCOCCOc3ccc(-c4ccc5c(c4)Cc4ccncc4-5)cn3)ccc2C[C@H]1C(=O)N[C@H]1CCCc2ccccc21)C1CCCCC1. The fraction of sp³-hybridized carbons (Fsp3) is 0.483. The number of nitrogens with zero attached hydrogens (tertiary/aromatic N) is 3. The van der Waals surface area contributed by atoms with Crippen molar-refractivity contribution in [3.8, 4) is 33.9 Å². The molecule has 4 aliphatic rings. The second kappa shape index (κ2) is 26.3. The fourth-order valence-corrected chi connectivity index (χ4v) is 10.8. The predicted molar refractivity (Wildman–Crippen MR) is 283 cm³/mol. The normalized spacial score (nSPS) is 17.8. The summed E-state index contributed by atoms with van der Waals surface area (Å²) in [6.45, 7) is 8.28. The van der Waals surface area contributed by atoms with Gasteiger partial charge < -0.3 is 44.0 Å². The van der Waals surface area contributed by atoms with Crippen molar-refractivity contribution in [1.82, 2.24) is 25.5 Å². The van der Waals surface area contributed by atoms with Gasteiger partial charge in [-0.3, -0.25) is 19.4 Å². The molecule has 3 aromatic carbocycles. The standard InChI is InChI=1S/C60H73N5O9/c1-3-41(2)58(66)64-57(43-11-5-4-6-12-43)60(68)65-40-49-36-50(19-16-45(49)37-55(65)59(67)63-54-15-9-13-42-10-7-8-14-52(42)54)73-32-30-71-28-26-69-24-25-70-27-29-72-31-33-74-56-21-18-47(38-62-56)44-17-20-51-48(34-44)35-46-22-23-61-39-53(46)51/h7-8,10,14,16-23,34,36,38-39,41,43,54-55,57H,3-6,9,11-13,15,24-33,35,37,40H2,1-2H3,(H,63,67)(H,64,66)/t41-,54+,55+,57+/m1/s1. The maximum absolute atomic E-state index is 14.9. The molecular weight excluding hydrogens is 935 g/mol. The molecular formula is C60H73N5O9. The molecule has 3 aliphatic carbocycles. The predicted octanol–water partition coefficient (Wildman–Crippen LogP) is 8.80. The molecule has 0 bridgehead atoms. The molecule has 74 heavy (non-hydrogen) atoms. The summed E-state index contributed by atoms with van der Waals surface area (Å²) in [4.78, 5) is 53.3. The number of aromatic nitrogens is 2. The molecule has 0 spiro atoms. The largest absolute Gasteiger partial charge is 0.491 e. The molecule has 0 radical (unpaired) electrons. The number of pyridine rings is 2. The van der Waals surface area contributed by atoms with Gasteiger partial charge in [-0.05, 0) is 120 Å². The third-order valence-electron chi connectivity index (χ3n) is 15.2. The number of amides is 3. The van der Waals surface area contributed by atoms with Crippen molar-refractivity contribution in [1.29, 1.82) is 0 Å². The topological polar surface area (TPSA) is 160 Å². The van der Waals surface area contributed by atoms with E-state index in [9.17, 15) is 14.4 Å². The van der Waals surface area contributed by atoms with E-state index >= 15 is 0 Å². The van der Waals surface area contributed by atoms with Crippen LogP contribution in [-0.2, 0) is 59.1 Å². The van der Waals surface area contributed by atoms with E-state index in [0.717, 1.165) is 85.6 Å². The van der Waals surface area contributed by atoms with E-state index < -0.39 is 12.1 Å². The zero-order valence-electron chi connectivity index (χ0n) is 43.2. The summed E-state index contributed by atoms with van der Waals surface area (Å²) in [5.41, 5.74) is 11.6. The van der Waals surface area contributed by atoms with Gasteiger partial charge in [-0.1, -0.05) is 81.6 Å². The van der Waals surface area contributed by atoms with E-state index in [1.807, 2.05) is 74.9 Å². The van der Waals surface area contributed by atoms with E-state index in [0.29, 0.717) is 90.5 Å². The highest BCUT2D eigenvalue weighted by Gasteiger charge is 2.42. The van der Waals surface area contributed by atoms with Crippen molar-refractivity contribution in [2.24, 2.45) is 11.8 Å². The Kier molecular flexibility index (Phi) is 18.7. The lowest BCUT2D eigenvalue weighted by Gasteiger charge is -2.41. The summed E-state index contributed by atoms with van der Waals surface area (Å²) in [6, 6.07) is 25.3. The number of hydrogen-bond acceptors (Lipinski definition) is 11. The molecule has 14 heteroatoms. The molecule has 14 nitrogen and oxygen atoms in total. The Morgan fingerprint density at radius 1 is 0.676 bits per heavy atom. The number of nitrogens with one attached hydrogen (secondary N) is 2. The third-order valence-corrected chi connectivity index (χ3v) is 15.2. The summed E-state index contributed by atoms with van der Waals surface area (Å²) in [5, 5.41) is 6.54. The number of carbonyl (C=O) groups is 3. The average molecular weight is 1010 g/mol. The van der Waals surface area contributed by atoms with Crippen LogP contribution in [0, 0.1) is 11.8 Å². The Bertz CT molecular complexity index is 2660. The molecule has 4 atom stereocenters. The van der Waals surface area contributed by atoms with Crippen molar-refractivity contribution in [2.75, 3.05) is 66.1 Å². The minimum Gasteiger partial charge on any atom is -0.491 e. The molecule has 1 saturated carbocycles. The first-order valence-electron chi connectivity index (χ1n) is 27.0. The highest BCUT2D eigenvalue weighted by atomic mass is 16.6. The molecule has 3 heterocycles. The van der Waals surface area contributed by atoms with E-state index in [2.05, 4.69) is 57.0 Å². The van der Waals surface area contributed by atoms with Crippen LogP contribution in [0.2, 0.25) is 0 Å². The van der Waals surface area contributed by atoms with Crippen LogP contribution in [0.4, 0.5) is 0 Å². The molecule has 3 amide bonds. The highest BCUT2D eigenvalue weighted by molar-refractivity contribution is 5.93. The van der Waals surface area contributed by atoms with Gasteiger partial charge in [0.15, 0.2) is 0 Å². The number of hydrogen-bond donors (Lipinski definition) is 2. The molecule has 1 aliphatic heterocycles. The first-order chi connectivity index (χ1) is 36.3. The first-order valence-corrected chi connectivity index (χ1v) is 27.0. The average Bonchev–Trinajstić information content (AvgIpc) is 3.82. The Labute approximate surface area is 436 Å². The summed E-state index contributed by atoms with van der Waals surface area (Å²) < 4.78 is 34.7. The van der Waals surface area contributed by atoms with Gasteiger partial charge >= 0.3 is 0 Å². The van der Waals surface area contributed by atoms with E-state index in [4.69, 9.17) is 28.4 Å². The maximum Gasteiger partial charge on any atom is 0.246 e. The molecule has 2 N–H and O–H groups in total. The molecule has 0 saturated heterocycles. The van der Waals surface area contributed by atoms with Crippen LogP contribution in [-0.4, -0.2) is 111 Å². The Morgan fingerprint density at radius 2 is 1.41 bits per heavy atom. The summed E-state index contributed by atoms with van der Waals surface area (Å²) in [7, 11) is 0. The number of benzene rings is 3. The molecule has 2 aromatic heterocycles. The third kappa shape index (κ3) is 13.6. The Morgan fingerprint density at radius 3 is 2.15 bits per heavy atom. The second-order valence-electron chi connectivity index (χ2n) is 20.1. The van der Waals surface area contributed by atoms with Crippen LogP contribution < -0.4 is 20.1 Å². The van der Waals surface area contributed by atoms with Crippen LogP contribution in [0.5, 0.6) is 11.6 Å². The molecule has 0 unspecified atom stereocenters. The fourth-order valence-electron chi connectivity index (χ4n) is 10.8. The van der Waals surface area contributed by atoms with Crippen LogP contribution in [0.25, 0.3) is 22.3 Å². The van der Waals surface area contributed by atoms with Gasteiger partial charge in [0.05, 0.1) is 58.9 Å². The highest BCUT2D eigenvalue weighted by Crippen LogP contribution is 2.39. The monoisotopic (exact) mass is 1010 g/mol. The van der Waals surface area contributed by atoms with Crippen molar-refractivity contribution in [3.63, 3.8) is 0 Å². The van der Waals surface area contributed by atoms with Crippen molar-refractivity contribution < 1.29 is 42.8 Å². The molecule has 9 rings (SSSR count). The van der Waals surface area contributed by atoms with E-state index in [1.54, 1.807) is 4.90 Å². The van der Waals surface area contributed by atoms with Crippen molar-refractivity contribution in [2.45, 2.75) is 109 Å². The molecule has 5 aromatic rings. The second-order valence-corrected chi connectivity index (χ2v) is 20.1. The van der Waals surface area contributed by atoms with Gasteiger partial charge in [-0.2, -0.15) is 0 Å². The zero-order valence-corrected chi connectivity index (χ0v) is 43.2. The quantitative estimate of drug-likeness (QED) is 0.0528.